The number of hydrogen-bond donors (Lipinski definition) is 2. The number of carbonyl (C=O) groups excluding carboxylic acids is 1. The number of halogens is 1. The largest absolute Gasteiger partial charge is 0.493 e. The summed E-state index contributed by atoms with van der Waals surface area (Å²) < 4.78 is 24.4. The van der Waals surface area contributed by atoms with Crippen LogP contribution in [0.2, 0.25) is 0 Å². The van der Waals surface area contributed by atoms with Gasteiger partial charge in [-0.3, -0.25) is 0 Å². The second-order valence-electron chi connectivity index (χ2n) is 7.50. The van der Waals surface area contributed by atoms with Gasteiger partial charge in [-0.1, -0.05) is 60.7 Å². The molecule has 4 rings (SSSR count). The number of hydrogen-bond acceptors (Lipinski definition) is 4. The van der Waals surface area contributed by atoms with Crippen molar-refractivity contribution in [2.45, 2.75) is 18.4 Å². The van der Waals surface area contributed by atoms with E-state index in [0.29, 0.717) is 5.56 Å². The van der Waals surface area contributed by atoms with E-state index in [4.69, 9.17) is 9.47 Å². The third kappa shape index (κ3) is 4.14. The highest BCUT2D eigenvalue weighted by Crippen LogP contribution is 2.44. The van der Waals surface area contributed by atoms with Crippen molar-refractivity contribution in [2.75, 3.05) is 13.7 Å². The highest BCUT2D eigenvalue weighted by atomic mass is 19.1. The first-order valence-corrected chi connectivity index (χ1v) is 10.1. The zero-order valence-electron chi connectivity index (χ0n) is 17.4. The SMILES string of the molecule is COc1c(F)cccc1CC(NC(=O)OCC1c2ccccc2-c2ccccc21)C(=O)O. The quantitative estimate of drug-likeness (QED) is 0.576. The van der Waals surface area contributed by atoms with E-state index in [-0.39, 0.29) is 24.7 Å². The van der Waals surface area contributed by atoms with Gasteiger partial charge in [0.25, 0.3) is 0 Å². The van der Waals surface area contributed by atoms with Gasteiger partial charge in [0.1, 0.15) is 12.6 Å². The number of benzene rings is 3. The molecule has 3 aromatic carbocycles. The monoisotopic (exact) mass is 435 g/mol. The number of ether oxygens (including phenoxy) is 2. The molecule has 7 heteroatoms. The molecule has 6 nitrogen and oxygen atoms in total. The van der Waals surface area contributed by atoms with E-state index in [1.54, 1.807) is 6.07 Å². The molecule has 0 radical (unpaired) electrons. The van der Waals surface area contributed by atoms with Crippen molar-refractivity contribution in [3.8, 4) is 16.9 Å². The third-order valence-corrected chi connectivity index (χ3v) is 5.61. The minimum absolute atomic E-state index is 0.0481. The van der Waals surface area contributed by atoms with Crippen molar-refractivity contribution in [3.05, 3.63) is 89.2 Å². The predicted octanol–water partition coefficient (Wildman–Crippen LogP) is 4.37. The summed E-state index contributed by atoms with van der Waals surface area (Å²) in [5.41, 5.74) is 4.64. The van der Waals surface area contributed by atoms with Crippen LogP contribution < -0.4 is 10.1 Å². The normalized spacial score (nSPS) is 13.1. The minimum Gasteiger partial charge on any atom is -0.493 e. The Morgan fingerprint density at radius 2 is 1.62 bits per heavy atom. The number of fused-ring (bicyclic) bond motifs is 3. The molecule has 0 bridgehead atoms. The van der Waals surface area contributed by atoms with E-state index in [1.807, 2.05) is 48.5 Å². The Bertz CT molecular complexity index is 1120. The molecular formula is C25H22FNO5. The summed E-state index contributed by atoms with van der Waals surface area (Å²) in [6, 6.07) is 18.8. The maximum absolute atomic E-state index is 13.9. The molecule has 1 atom stereocenters. The molecule has 0 fully saturated rings. The first kappa shape index (κ1) is 21.4. The number of carboxylic acid groups (broad SMARTS) is 1. The van der Waals surface area contributed by atoms with Gasteiger partial charge in [0.15, 0.2) is 11.6 Å². The zero-order valence-corrected chi connectivity index (χ0v) is 17.4. The lowest BCUT2D eigenvalue weighted by molar-refractivity contribution is -0.139. The molecule has 0 aromatic heterocycles. The molecule has 0 spiro atoms. The molecule has 0 heterocycles. The summed E-state index contributed by atoms with van der Waals surface area (Å²) in [5.74, 6) is -2.05. The Balaban J connectivity index is 1.45. The second-order valence-corrected chi connectivity index (χ2v) is 7.50. The van der Waals surface area contributed by atoms with Crippen molar-refractivity contribution in [1.82, 2.24) is 5.32 Å². The van der Waals surface area contributed by atoms with Gasteiger partial charge in [-0.2, -0.15) is 0 Å². The van der Waals surface area contributed by atoms with E-state index in [0.717, 1.165) is 22.3 Å². The fourth-order valence-corrected chi connectivity index (χ4v) is 4.15. The zero-order chi connectivity index (χ0) is 22.7. The molecule has 164 valence electrons. The molecule has 0 saturated heterocycles. The van der Waals surface area contributed by atoms with Crippen molar-refractivity contribution in [1.29, 1.82) is 0 Å². The van der Waals surface area contributed by atoms with Crippen LogP contribution in [0, 0.1) is 5.82 Å². The standard InChI is InChI=1S/C25H22FNO5/c1-31-23-15(7-6-12-21(23)26)13-22(24(28)29)27-25(30)32-14-20-18-10-4-2-8-16(18)17-9-3-5-11-19(17)20/h2-12,20,22H,13-14H2,1H3,(H,27,30)(H,28,29). The van der Waals surface area contributed by atoms with Crippen molar-refractivity contribution < 1.29 is 28.6 Å². The predicted molar refractivity (Wildman–Crippen MR) is 116 cm³/mol. The van der Waals surface area contributed by atoms with E-state index < -0.39 is 23.9 Å². The van der Waals surface area contributed by atoms with Crippen molar-refractivity contribution in [2.24, 2.45) is 0 Å². The smallest absolute Gasteiger partial charge is 0.407 e. The first-order chi connectivity index (χ1) is 15.5. The Morgan fingerprint density at radius 1 is 1.00 bits per heavy atom. The van der Waals surface area contributed by atoms with Crippen LogP contribution in [0.25, 0.3) is 11.1 Å². The lowest BCUT2D eigenvalue weighted by Gasteiger charge is -2.18. The lowest BCUT2D eigenvalue weighted by Crippen LogP contribution is -2.43. The fraction of sp³-hybridized carbons (Fsp3) is 0.200. The number of alkyl carbamates (subject to hydrolysis) is 1. The van der Waals surface area contributed by atoms with Crippen LogP contribution in [0.5, 0.6) is 5.75 Å². The van der Waals surface area contributed by atoms with Gasteiger partial charge in [0, 0.05) is 12.3 Å². The van der Waals surface area contributed by atoms with Gasteiger partial charge in [0.05, 0.1) is 7.11 Å². The van der Waals surface area contributed by atoms with Crippen LogP contribution >= 0.6 is 0 Å². The molecule has 0 saturated carbocycles. The molecule has 3 aromatic rings. The molecule has 32 heavy (non-hydrogen) atoms. The van der Waals surface area contributed by atoms with Crippen molar-refractivity contribution in [3.63, 3.8) is 0 Å². The Morgan fingerprint density at radius 3 is 2.22 bits per heavy atom. The summed E-state index contributed by atoms with van der Waals surface area (Å²) in [5, 5.41) is 11.9. The number of para-hydroxylation sites is 1. The van der Waals surface area contributed by atoms with E-state index in [9.17, 15) is 19.1 Å². The van der Waals surface area contributed by atoms with E-state index in [1.165, 1.54) is 19.2 Å². The highest BCUT2D eigenvalue weighted by Gasteiger charge is 2.30. The van der Waals surface area contributed by atoms with Crippen LogP contribution in [-0.4, -0.2) is 36.9 Å². The number of rotatable bonds is 7. The number of aliphatic carboxylic acids is 1. The molecule has 1 aliphatic carbocycles. The molecule has 2 N–H and O–H groups in total. The number of amides is 1. The summed E-state index contributed by atoms with van der Waals surface area (Å²) in [6.45, 7) is 0.0650. The molecular weight excluding hydrogens is 413 g/mol. The maximum Gasteiger partial charge on any atom is 0.407 e. The van der Waals surface area contributed by atoms with Crippen LogP contribution in [0.1, 0.15) is 22.6 Å². The maximum atomic E-state index is 13.9. The van der Waals surface area contributed by atoms with Gasteiger partial charge in [-0.05, 0) is 33.9 Å². The molecule has 1 unspecified atom stereocenters. The Hall–Kier alpha value is -3.87. The molecule has 1 aliphatic rings. The molecule has 0 aliphatic heterocycles. The number of nitrogens with one attached hydrogen (secondary N) is 1. The lowest BCUT2D eigenvalue weighted by atomic mass is 9.98. The van der Waals surface area contributed by atoms with E-state index >= 15 is 0 Å². The number of carboxylic acids is 1. The van der Waals surface area contributed by atoms with Gasteiger partial charge < -0.3 is 19.9 Å². The van der Waals surface area contributed by atoms with Crippen molar-refractivity contribution >= 4 is 12.1 Å². The average Bonchev–Trinajstić information content (AvgIpc) is 3.11. The topological polar surface area (TPSA) is 84.9 Å². The summed E-state index contributed by atoms with van der Waals surface area (Å²) in [4.78, 5) is 24.2. The van der Waals surface area contributed by atoms with Crippen LogP contribution in [-0.2, 0) is 16.0 Å². The first-order valence-electron chi connectivity index (χ1n) is 10.1. The van der Waals surface area contributed by atoms with Gasteiger partial charge in [-0.15, -0.1) is 0 Å². The van der Waals surface area contributed by atoms with E-state index in [2.05, 4.69) is 5.32 Å². The highest BCUT2D eigenvalue weighted by molar-refractivity contribution is 5.81. The number of carbonyl (C=O) groups is 2. The Labute approximate surface area is 184 Å². The second kappa shape index (κ2) is 9.09. The van der Waals surface area contributed by atoms with Gasteiger partial charge in [-0.25, -0.2) is 14.0 Å². The molecule has 1 amide bonds. The van der Waals surface area contributed by atoms with Gasteiger partial charge in [0.2, 0.25) is 0 Å². The van der Waals surface area contributed by atoms with Gasteiger partial charge >= 0.3 is 12.1 Å². The summed E-state index contributed by atoms with van der Waals surface area (Å²) >= 11 is 0. The summed E-state index contributed by atoms with van der Waals surface area (Å²) in [6.07, 6.45) is -1.00. The number of methoxy groups -OCH3 is 1. The third-order valence-electron chi connectivity index (χ3n) is 5.61. The van der Waals surface area contributed by atoms with Crippen LogP contribution in [0.4, 0.5) is 9.18 Å². The fourth-order valence-electron chi connectivity index (χ4n) is 4.15. The van der Waals surface area contributed by atoms with Crippen LogP contribution in [0.3, 0.4) is 0 Å². The van der Waals surface area contributed by atoms with Crippen LogP contribution in [0.15, 0.2) is 66.7 Å². The average molecular weight is 435 g/mol. The minimum atomic E-state index is -1.30. The Kier molecular flexibility index (Phi) is 6.07. The summed E-state index contributed by atoms with van der Waals surface area (Å²) in [7, 11) is 1.30.